The van der Waals surface area contributed by atoms with Crippen molar-refractivity contribution in [3.63, 3.8) is 0 Å². The first-order valence-electron chi connectivity index (χ1n) is 13.2. The van der Waals surface area contributed by atoms with E-state index < -0.39 is 33.1 Å². The fraction of sp³-hybridized carbons (Fsp3) is 0.448. The highest BCUT2D eigenvalue weighted by Gasteiger charge is 2.44. The van der Waals surface area contributed by atoms with Crippen molar-refractivity contribution in [2.24, 2.45) is 10.4 Å². The highest BCUT2D eigenvalue weighted by molar-refractivity contribution is 7.89. The van der Waals surface area contributed by atoms with Gasteiger partial charge in [0.2, 0.25) is 15.9 Å². The van der Waals surface area contributed by atoms with Crippen molar-refractivity contribution in [1.29, 1.82) is 0 Å². The number of sulfonamides is 1. The molecule has 2 aromatic carbocycles. The SMILES string of the molecule is C=C(CCN(Cc1ccc(C(F)(F)F)cc1)S(=O)(=O)c1ccc(F)cc1)C1=NC[C@](C)(C(=O)N2CCC(C)(C)C2)N1. The molecule has 2 aliphatic rings. The third kappa shape index (κ3) is 6.98. The molecule has 1 N–H and O–H groups in total. The van der Waals surface area contributed by atoms with Crippen LogP contribution in [0.25, 0.3) is 0 Å². The van der Waals surface area contributed by atoms with Crippen molar-refractivity contribution in [2.75, 3.05) is 26.2 Å². The molecule has 0 spiro atoms. The smallest absolute Gasteiger partial charge is 0.355 e. The van der Waals surface area contributed by atoms with Crippen LogP contribution in [0.5, 0.6) is 0 Å². The number of amidine groups is 1. The zero-order chi connectivity index (χ0) is 30.2. The molecule has 0 bridgehead atoms. The topological polar surface area (TPSA) is 82.1 Å². The second kappa shape index (κ2) is 11.2. The standard InChI is InChI=1S/C29H34F4N4O3S/c1-20(25-34-18-28(4,35-25)26(38)36-16-14-27(2,3)19-36)13-15-37(41(39,40)24-11-9-23(30)10-12-24)17-21-5-7-22(8-6-21)29(31,32)33/h5-12H,1,13-19H2,2-4H3,(H,34,35)/t28-/m1/s1. The number of carbonyl (C=O) groups excluding carboxylic acids is 1. The van der Waals surface area contributed by atoms with Crippen molar-refractivity contribution in [3.05, 3.63) is 77.6 Å². The van der Waals surface area contributed by atoms with Gasteiger partial charge in [-0.2, -0.15) is 17.5 Å². The Hall–Kier alpha value is -3.25. The van der Waals surface area contributed by atoms with Gasteiger partial charge in [-0.15, -0.1) is 0 Å². The number of hydrogen-bond donors (Lipinski definition) is 1. The molecule has 222 valence electrons. The van der Waals surface area contributed by atoms with Crippen molar-refractivity contribution < 1.29 is 30.8 Å². The van der Waals surface area contributed by atoms with Crippen LogP contribution in [0, 0.1) is 11.2 Å². The molecule has 1 saturated heterocycles. The molecule has 7 nitrogen and oxygen atoms in total. The second-order valence-corrected chi connectivity index (χ2v) is 13.5. The molecule has 41 heavy (non-hydrogen) atoms. The average molecular weight is 595 g/mol. The van der Waals surface area contributed by atoms with E-state index in [1.165, 1.54) is 12.1 Å². The van der Waals surface area contributed by atoms with Gasteiger partial charge in [-0.3, -0.25) is 9.79 Å². The van der Waals surface area contributed by atoms with Gasteiger partial charge in [0.1, 0.15) is 17.2 Å². The van der Waals surface area contributed by atoms with Crippen LogP contribution < -0.4 is 5.32 Å². The molecule has 1 fully saturated rings. The van der Waals surface area contributed by atoms with Gasteiger partial charge >= 0.3 is 6.18 Å². The molecule has 0 aromatic heterocycles. The number of nitrogens with one attached hydrogen (secondary N) is 1. The highest BCUT2D eigenvalue weighted by atomic mass is 32.2. The van der Waals surface area contributed by atoms with Gasteiger partial charge in [0.05, 0.1) is 17.0 Å². The van der Waals surface area contributed by atoms with Crippen molar-refractivity contribution in [3.8, 4) is 0 Å². The molecule has 0 saturated carbocycles. The Morgan fingerprint density at radius 2 is 1.73 bits per heavy atom. The molecule has 2 aliphatic heterocycles. The van der Waals surface area contributed by atoms with Crippen LogP contribution in [0.3, 0.4) is 0 Å². The number of halogens is 4. The lowest BCUT2D eigenvalue weighted by Crippen LogP contribution is -2.56. The van der Waals surface area contributed by atoms with E-state index >= 15 is 0 Å². The van der Waals surface area contributed by atoms with E-state index in [9.17, 15) is 30.8 Å². The Bertz CT molecular complexity index is 1440. The summed E-state index contributed by atoms with van der Waals surface area (Å²) in [4.78, 5) is 19.4. The Kier molecular flexibility index (Phi) is 8.39. The number of aliphatic imine (C=N–C) groups is 1. The summed E-state index contributed by atoms with van der Waals surface area (Å²) in [5.74, 6) is -0.252. The lowest BCUT2D eigenvalue weighted by Gasteiger charge is -2.30. The summed E-state index contributed by atoms with van der Waals surface area (Å²) in [5.41, 5.74) is -0.918. The summed E-state index contributed by atoms with van der Waals surface area (Å²) >= 11 is 0. The summed E-state index contributed by atoms with van der Waals surface area (Å²) in [6, 6.07) is 8.57. The van der Waals surface area contributed by atoms with Gasteiger partial charge in [-0.1, -0.05) is 32.6 Å². The third-order valence-corrected chi connectivity index (χ3v) is 9.33. The van der Waals surface area contributed by atoms with Crippen LogP contribution >= 0.6 is 0 Å². The maximum absolute atomic E-state index is 13.5. The number of carbonyl (C=O) groups is 1. The molecular formula is C29H34F4N4O3S. The molecule has 0 aliphatic carbocycles. The molecule has 12 heteroatoms. The van der Waals surface area contributed by atoms with Crippen LogP contribution in [0.2, 0.25) is 0 Å². The zero-order valence-electron chi connectivity index (χ0n) is 23.3. The monoisotopic (exact) mass is 594 g/mol. The maximum Gasteiger partial charge on any atom is 0.416 e. The highest BCUT2D eigenvalue weighted by Crippen LogP contribution is 2.32. The van der Waals surface area contributed by atoms with Crippen molar-refractivity contribution in [2.45, 2.75) is 56.8 Å². The van der Waals surface area contributed by atoms with Crippen molar-refractivity contribution in [1.82, 2.24) is 14.5 Å². The first kappa shape index (κ1) is 30.7. The second-order valence-electron chi connectivity index (χ2n) is 11.6. The summed E-state index contributed by atoms with van der Waals surface area (Å²) < 4.78 is 80.7. The van der Waals surface area contributed by atoms with E-state index in [0.717, 1.165) is 47.1 Å². The molecule has 2 heterocycles. The van der Waals surface area contributed by atoms with E-state index in [1.807, 2.05) is 4.90 Å². The van der Waals surface area contributed by atoms with E-state index in [2.05, 4.69) is 30.7 Å². The van der Waals surface area contributed by atoms with Gasteiger partial charge < -0.3 is 10.2 Å². The minimum Gasteiger partial charge on any atom is -0.355 e. The predicted molar refractivity (Wildman–Crippen MR) is 148 cm³/mol. The summed E-state index contributed by atoms with van der Waals surface area (Å²) in [6.45, 7) is 11.3. The summed E-state index contributed by atoms with van der Waals surface area (Å²) in [7, 11) is -4.15. The van der Waals surface area contributed by atoms with Crippen LogP contribution in [-0.2, 0) is 27.5 Å². The minimum atomic E-state index is -4.52. The van der Waals surface area contributed by atoms with Crippen LogP contribution in [0.1, 0.15) is 44.7 Å². The van der Waals surface area contributed by atoms with E-state index in [-0.39, 0.29) is 42.3 Å². The van der Waals surface area contributed by atoms with Gasteiger partial charge in [0, 0.05) is 26.2 Å². The Labute approximate surface area is 238 Å². The van der Waals surface area contributed by atoms with Gasteiger partial charge in [-0.05, 0) is 72.7 Å². The number of alkyl halides is 3. The third-order valence-electron chi connectivity index (χ3n) is 7.47. The molecule has 0 unspecified atom stereocenters. The average Bonchev–Trinajstić information content (AvgIpc) is 3.48. The first-order valence-corrected chi connectivity index (χ1v) is 14.7. The minimum absolute atomic E-state index is 0.0461. The van der Waals surface area contributed by atoms with Gasteiger partial charge in [0.15, 0.2) is 0 Å². The molecule has 2 aromatic rings. The summed E-state index contributed by atoms with van der Waals surface area (Å²) in [5, 5.41) is 3.18. The number of nitrogens with zero attached hydrogens (tertiary/aromatic N) is 3. The van der Waals surface area contributed by atoms with Crippen molar-refractivity contribution >= 4 is 21.8 Å². The van der Waals surface area contributed by atoms with Gasteiger partial charge in [0.25, 0.3) is 0 Å². The largest absolute Gasteiger partial charge is 0.416 e. The number of amides is 1. The lowest BCUT2D eigenvalue weighted by molar-refractivity contribution is -0.137. The Morgan fingerprint density at radius 1 is 1.10 bits per heavy atom. The predicted octanol–water partition coefficient (Wildman–Crippen LogP) is 5.00. The molecular weight excluding hydrogens is 560 g/mol. The zero-order valence-corrected chi connectivity index (χ0v) is 24.1. The Balaban J connectivity index is 1.48. The van der Waals surface area contributed by atoms with E-state index in [1.54, 1.807) is 6.92 Å². The quantitative estimate of drug-likeness (QED) is 0.415. The number of likely N-dealkylation sites (tertiary alicyclic amines) is 1. The number of hydrogen-bond acceptors (Lipinski definition) is 5. The van der Waals surface area contributed by atoms with E-state index in [4.69, 9.17) is 0 Å². The number of benzene rings is 2. The fourth-order valence-electron chi connectivity index (χ4n) is 4.95. The molecule has 4 rings (SSSR count). The first-order chi connectivity index (χ1) is 19.0. The Morgan fingerprint density at radius 3 is 2.29 bits per heavy atom. The molecule has 1 atom stereocenters. The fourth-order valence-corrected chi connectivity index (χ4v) is 6.38. The van der Waals surface area contributed by atoms with Crippen LogP contribution in [0.15, 0.2) is 70.6 Å². The normalized spacial score (nSPS) is 20.7. The van der Waals surface area contributed by atoms with E-state index in [0.29, 0.717) is 30.1 Å². The lowest BCUT2D eigenvalue weighted by atomic mass is 9.93. The maximum atomic E-state index is 13.5. The van der Waals surface area contributed by atoms with Crippen LogP contribution in [-0.4, -0.2) is 61.1 Å². The summed E-state index contributed by atoms with van der Waals surface area (Å²) in [6.07, 6.45) is -3.48. The molecule has 1 amide bonds. The van der Waals surface area contributed by atoms with Crippen LogP contribution in [0.4, 0.5) is 17.6 Å². The molecule has 0 radical (unpaired) electrons. The number of rotatable bonds is 9. The van der Waals surface area contributed by atoms with Gasteiger partial charge in [-0.25, -0.2) is 12.8 Å².